The summed E-state index contributed by atoms with van der Waals surface area (Å²) in [5.74, 6) is 0.424. The summed E-state index contributed by atoms with van der Waals surface area (Å²) >= 11 is 0. The minimum atomic E-state index is -3.57. The van der Waals surface area contributed by atoms with E-state index in [1.807, 2.05) is 24.3 Å². The van der Waals surface area contributed by atoms with Gasteiger partial charge in [0.25, 0.3) is 0 Å². The normalized spacial score (nSPS) is 24.1. The molecule has 0 radical (unpaired) electrons. The highest BCUT2D eigenvalue weighted by atomic mass is 32.2. The Morgan fingerprint density at radius 3 is 2.61 bits per heavy atom. The van der Waals surface area contributed by atoms with E-state index >= 15 is 0 Å². The highest BCUT2D eigenvalue weighted by Gasteiger charge is 2.31. The zero-order chi connectivity index (χ0) is 20.2. The van der Waals surface area contributed by atoms with Crippen LogP contribution in [0.5, 0.6) is 5.75 Å². The second-order valence-electron chi connectivity index (χ2n) is 7.75. The van der Waals surface area contributed by atoms with Gasteiger partial charge in [-0.05, 0) is 50.8 Å². The fourth-order valence-electron chi connectivity index (χ4n) is 4.26. The molecule has 0 aromatic heterocycles. The number of para-hydroxylation sites is 1. The van der Waals surface area contributed by atoms with Gasteiger partial charge in [-0.2, -0.15) is 0 Å². The van der Waals surface area contributed by atoms with E-state index in [4.69, 9.17) is 4.74 Å². The Balaban J connectivity index is 1.70. The summed E-state index contributed by atoms with van der Waals surface area (Å²) in [5, 5.41) is 0. The van der Waals surface area contributed by atoms with Crippen LogP contribution in [0.15, 0.2) is 24.3 Å². The summed E-state index contributed by atoms with van der Waals surface area (Å²) in [6.07, 6.45) is 3.37. The smallest absolute Gasteiger partial charge is 0.211 e. The monoisotopic (exact) mass is 430 g/mol. The van der Waals surface area contributed by atoms with Gasteiger partial charge in [0, 0.05) is 12.1 Å². The summed E-state index contributed by atoms with van der Waals surface area (Å²) < 4.78 is 57.2. The molecule has 0 aliphatic carbocycles. The number of rotatable bonds is 8. The maximum Gasteiger partial charge on any atom is 0.211 e. The van der Waals surface area contributed by atoms with E-state index in [0.717, 1.165) is 37.2 Å². The van der Waals surface area contributed by atoms with Crippen LogP contribution in [0.1, 0.15) is 37.3 Å². The van der Waals surface area contributed by atoms with E-state index in [2.05, 4.69) is 9.62 Å². The lowest BCUT2D eigenvalue weighted by atomic mass is 10.0. The Bertz CT molecular complexity index is 864. The lowest BCUT2D eigenvalue weighted by Crippen LogP contribution is -2.40. The number of benzene rings is 1. The van der Waals surface area contributed by atoms with Gasteiger partial charge < -0.3 is 4.74 Å². The van der Waals surface area contributed by atoms with Gasteiger partial charge in [-0.25, -0.2) is 21.6 Å². The topological polar surface area (TPSA) is 92.8 Å². The number of hydrogen-bond donors (Lipinski definition) is 1. The Morgan fingerprint density at radius 1 is 1.21 bits per heavy atom. The maximum absolute atomic E-state index is 12.7. The summed E-state index contributed by atoms with van der Waals surface area (Å²) in [4.78, 5) is 2.28. The number of methoxy groups -OCH3 is 1. The van der Waals surface area contributed by atoms with Gasteiger partial charge in [0.1, 0.15) is 5.75 Å². The quantitative estimate of drug-likeness (QED) is 0.673. The van der Waals surface area contributed by atoms with Crippen LogP contribution in [0.3, 0.4) is 0 Å². The van der Waals surface area contributed by atoms with Crippen LogP contribution in [-0.2, 0) is 19.9 Å². The number of sulfone groups is 1. The first-order valence-electron chi connectivity index (χ1n) is 9.84. The molecule has 2 aliphatic heterocycles. The minimum Gasteiger partial charge on any atom is -0.496 e. The molecule has 1 N–H and O–H groups in total. The van der Waals surface area contributed by atoms with Crippen molar-refractivity contribution in [3.05, 3.63) is 29.8 Å². The third-order valence-electron chi connectivity index (χ3n) is 5.59. The van der Waals surface area contributed by atoms with Crippen LogP contribution >= 0.6 is 0 Å². The van der Waals surface area contributed by atoms with Crippen LogP contribution < -0.4 is 9.46 Å². The standard InChI is InChI=1S/C19H30N2O5S2/c1-26-19-9-3-2-8-17(19)18(21-10-4-5-11-21)13-20-28(24,25)15-16-7-6-12-27(22,23)14-16/h2-3,8-9,16,18,20H,4-7,10-15H2,1H3. The zero-order valence-corrected chi connectivity index (χ0v) is 18.0. The molecular formula is C19H30N2O5S2. The largest absolute Gasteiger partial charge is 0.496 e. The van der Waals surface area contributed by atoms with E-state index < -0.39 is 19.9 Å². The molecule has 28 heavy (non-hydrogen) atoms. The van der Waals surface area contributed by atoms with E-state index in [1.165, 1.54) is 0 Å². The summed E-state index contributed by atoms with van der Waals surface area (Å²) in [5.41, 5.74) is 0.967. The van der Waals surface area contributed by atoms with Crippen molar-refractivity contribution in [2.75, 3.05) is 44.0 Å². The molecule has 2 aliphatic rings. The molecule has 1 aromatic rings. The molecule has 2 unspecified atom stereocenters. The number of nitrogens with zero attached hydrogens (tertiary/aromatic N) is 1. The number of nitrogens with one attached hydrogen (secondary N) is 1. The molecule has 0 amide bonds. The van der Waals surface area contributed by atoms with Crippen molar-refractivity contribution >= 4 is 19.9 Å². The molecule has 2 fully saturated rings. The first kappa shape index (κ1) is 21.5. The van der Waals surface area contributed by atoms with Crippen LogP contribution in [0.4, 0.5) is 0 Å². The molecule has 2 saturated heterocycles. The number of likely N-dealkylation sites (tertiary alicyclic amines) is 1. The summed E-state index contributed by atoms with van der Waals surface area (Å²) in [6.45, 7) is 2.10. The molecule has 2 atom stereocenters. The molecule has 2 heterocycles. The predicted octanol–water partition coefficient (Wildman–Crippen LogP) is 1.58. The van der Waals surface area contributed by atoms with E-state index in [9.17, 15) is 16.8 Å². The number of ether oxygens (including phenoxy) is 1. The molecule has 0 saturated carbocycles. The van der Waals surface area contributed by atoms with E-state index in [1.54, 1.807) is 7.11 Å². The molecule has 3 rings (SSSR count). The van der Waals surface area contributed by atoms with E-state index in [-0.39, 0.29) is 35.8 Å². The fraction of sp³-hybridized carbons (Fsp3) is 0.684. The van der Waals surface area contributed by atoms with Gasteiger partial charge >= 0.3 is 0 Å². The molecule has 1 aromatic carbocycles. The Morgan fingerprint density at radius 2 is 1.93 bits per heavy atom. The van der Waals surface area contributed by atoms with Gasteiger partial charge in [-0.15, -0.1) is 0 Å². The third kappa shape index (κ3) is 5.68. The van der Waals surface area contributed by atoms with Crippen LogP contribution in [0.25, 0.3) is 0 Å². The van der Waals surface area contributed by atoms with Crippen LogP contribution in [-0.4, -0.2) is 65.7 Å². The first-order chi connectivity index (χ1) is 13.3. The lowest BCUT2D eigenvalue weighted by molar-refractivity contribution is 0.240. The van der Waals surface area contributed by atoms with E-state index in [0.29, 0.717) is 12.8 Å². The van der Waals surface area contributed by atoms with Gasteiger partial charge in [-0.3, -0.25) is 4.90 Å². The predicted molar refractivity (Wildman–Crippen MR) is 110 cm³/mol. The summed E-state index contributed by atoms with van der Waals surface area (Å²) in [6, 6.07) is 7.59. The minimum absolute atomic E-state index is 0.0318. The van der Waals surface area contributed by atoms with Crippen molar-refractivity contribution in [3.63, 3.8) is 0 Å². The van der Waals surface area contributed by atoms with Crippen molar-refractivity contribution in [2.45, 2.75) is 31.7 Å². The van der Waals surface area contributed by atoms with Crippen molar-refractivity contribution in [2.24, 2.45) is 5.92 Å². The lowest BCUT2D eigenvalue weighted by Gasteiger charge is -2.29. The van der Waals surface area contributed by atoms with Crippen molar-refractivity contribution in [1.82, 2.24) is 9.62 Å². The average molecular weight is 431 g/mol. The van der Waals surface area contributed by atoms with Crippen molar-refractivity contribution in [1.29, 1.82) is 0 Å². The Kier molecular flexibility index (Phi) is 7.01. The van der Waals surface area contributed by atoms with Crippen LogP contribution in [0, 0.1) is 5.92 Å². The second kappa shape index (κ2) is 9.11. The Hall–Kier alpha value is -1.16. The highest BCUT2D eigenvalue weighted by molar-refractivity contribution is 7.91. The Labute approximate surface area is 168 Å². The van der Waals surface area contributed by atoms with Crippen molar-refractivity contribution < 1.29 is 21.6 Å². The molecular weight excluding hydrogens is 400 g/mol. The SMILES string of the molecule is COc1ccccc1C(CNS(=O)(=O)CC1CCCS(=O)(=O)C1)N1CCCC1. The molecule has 0 spiro atoms. The fourth-order valence-corrected chi connectivity index (χ4v) is 7.61. The third-order valence-corrected chi connectivity index (χ3v) is 9.00. The molecule has 0 bridgehead atoms. The van der Waals surface area contributed by atoms with Gasteiger partial charge in [-0.1, -0.05) is 18.2 Å². The zero-order valence-electron chi connectivity index (χ0n) is 16.3. The maximum atomic E-state index is 12.7. The second-order valence-corrected chi connectivity index (χ2v) is 11.8. The first-order valence-corrected chi connectivity index (χ1v) is 13.3. The van der Waals surface area contributed by atoms with Gasteiger partial charge in [0.05, 0.1) is 30.4 Å². The van der Waals surface area contributed by atoms with Gasteiger partial charge in [0.15, 0.2) is 9.84 Å². The molecule has 158 valence electrons. The van der Waals surface area contributed by atoms with Gasteiger partial charge in [0.2, 0.25) is 10.0 Å². The molecule has 7 nitrogen and oxygen atoms in total. The molecule has 9 heteroatoms. The number of hydrogen-bond acceptors (Lipinski definition) is 6. The highest BCUT2D eigenvalue weighted by Crippen LogP contribution is 2.31. The average Bonchev–Trinajstić information content (AvgIpc) is 3.15. The van der Waals surface area contributed by atoms with Crippen molar-refractivity contribution in [3.8, 4) is 5.75 Å². The summed E-state index contributed by atoms with van der Waals surface area (Å²) in [7, 11) is -5.06. The number of sulfonamides is 1. The van der Waals surface area contributed by atoms with Crippen LogP contribution in [0.2, 0.25) is 0 Å².